The minimum Gasteiger partial charge on any atom is -0.462 e. The molecule has 0 amide bonds. The summed E-state index contributed by atoms with van der Waals surface area (Å²) in [6, 6.07) is 0. The molecule has 0 aliphatic rings. The summed E-state index contributed by atoms with van der Waals surface area (Å²) in [5.41, 5.74) is 5.40. The number of ether oxygens (including phenoxy) is 2. The van der Waals surface area contributed by atoms with E-state index < -0.39 is 26.5 Å². The Balaban J connectivity index is 3.78. The Kier molecular flexibility index (Phi) is 67.4. The Bertz CT molecular complexity index is 1500. The average molecular weight is 1190 g/mol. The van der Waals surface area contributed by atoms with Gasteiger partial charge in [-0.1, -0.05) is 332 Å². The van der Waals surface area contributed by atoms with Crippen molar-refractivity contribution in [2.75, 3.05) is 26.4 Å². The predicted octanol–water partition coefficient (Wildman–Crippen LogP) is 23.6. The summed E-state index contributed by atoms with van der Waals surface area (Å²) < 4.78 is 33.2. The van der Waals surface area contributed by atoms with Crippen LogP contribution in [0.2, 0.25) is 0 Å². The standard InChI is InChI=1S/C73H138NO8P/c1-3-5-7-9-11-13-15-17-19-21-23-25-27-28-29-30-31-32-33-34-35-36-37-38-39-40-41-42-44-46-48-50-52-54-56-58-60-62-64-66-73(76)82-71(70-81-83(77,78)80-68-67-74)69-79-72(75)65-63-61-59-57-55-53-51-49-47-45-43-26-24-22-20-18-16-14-12-10-8-6-4-2/h15,17,21-24,27-28,71H,3-14,16,18-20,25-26,29-70,74H2,1-2H3,(H,77,78)/b17-15-,23-21-,24-22-,28-27-. The second-order valence-electron chi connectivity index (χ2n) is 24.5. The van der Waals surface area contributed by atoms with Gasteiger partial charge in [0.1, 0.15) is 6.61 Å². The van der Waals surface area contributed by atoms with Crippen LogP contribution in [-0.4, -0.2) is 49.3 Å². The van der Waals surface area contributed by atoms with E-state index in [4.69, 9.17) is 24.3 Å². The van der Waals surface area contributed by atoms with Gasteiger partial charge >= 0.3 is 19.8 Å². The first-order chi connectivity index (χ1) is 40.8. The highest BCUT2D eigenvalue weighted by atomic mass is 31.2. The lowest BCUT2D eigenvalue weighted by molar-refractivity contribution is -0.161. The number of hydrogen-bond acceptors (Lipinski definition) is 8. The third kappa shape index (κ3) is 68.9. The fourth-order valence-corrected chi connectivity index (χ4v) is 11.6. The molecule has 0 aromatic rings. The van der Waals surface area contributed by atoms with Crippen molar-refractivity contribution in [2.24, 2.45) is 5.73 Å². The van der Waals surface area contributed by atoms with Crippen molar-refractivity contribution in [3.05, 3.63) is 48.6 Å². The Morgan fingerprint density at radius 3 is 0.940 bits per heavy atom. The summed E-state index contributed by atoms with van der Waals surface area (Å²) in [7, 11) is -4.39. The molecule has 10 heteroatoms. The first-order valence-corrected chi connectivity index (χ1v) is 37.6. The molecule has 0 aromatic heterocycles. The topological polar surface area (TPSA) is 134 Å². The zero-order valence-corrected chi connectivity index (χ0v) is 55.8. The number of phosphoric acid groups is 1. The quantitative estimate of drug-likeness (QED) is 0.0264. The first-order valence-electron chi connectivity index (χ1n) is 36.1. The molecule has 0 aromatic carbocycles. The SMILES string of the molecule is CCCCCCC/C=C\C/C=C\C/C=C\CCCCCCCCCCCCCCCCCCCCCCCCCCC(=O)OC(COC(=O)CCCCCCCCCCCCC/C=C\CCCCCCCCCC)COP(=O)(O)OCCN. The Morgan fingerprint density at radius 2 is 0.627 bits per heavy atom. The van der Waals surface area contributed by atoms with Crippen LogP contribution in [0.5, 0.6) is 0 Å². The van der Waals surface area contributed by atoms with Crippen LogP contribution < -0.4 is 5.73 Å². The van der Waals surface area contributed by atoms with Gasteiger partial charge in [0.25, 0.3) is 0 Å². The second-order valence-corrected chi connectivity index (χ2v) is 25.9. The van der Waals surface area contributed by atoms with Crippen LogP contribution in [0.15, 0.2) is 48.6 Å². The highest BCUT2D eigenvalue weighted by molar-refractivity contribution is 7.47. The van der Waals surface area contributed by atoms with Crippen LogP contribution in [0.1, 0.15) is 373 Å². The number of phosphoric ester groups is 1. The van der Waals surface area contributed by atoms with E-state index >= 15 is 0 Å². The summed E-state index contributed by atoms with van der Waals surface area (Å²) in [4.78, 5) is 35.3. The molecule has 0 bridgehead atoms. The first kappa shape index (κ1) is 81.0. The Morgan fingerprint density at radius 1 is 0.361 bits per heavy atom. The maximum absolute atomic E-state index is 12.8. The molecule has 0 rings (SSSR count). The molecule has 3 N–H and O–H groups in total. The number of rotatable bonds is 69. The molecule has 0 aliphatic carbocycles. The molecule has 0 fully saturated rings. The summed E-state index contributed by atoms with van der Waals surface area (Å²) in [5, 5.41) is 0. The number of carbonyl (C=O) groups is 2. The molecule has 0 aliphatic heterocycles. The van der Waals surface area contributed by atoms with E-state index in [2.05, 4.69) is 62.5 Å². The lowest BCUT2D eigenvalue weighted by Crippen LogP contribution is -2.29. The highest BCUT2D eigenvalue weighted by Crippen LogP contribution is 2.43. The van der Waals surface area contributed by atoms with Crippen molar-refractivity contribution in [3.63, 3.8) is 0 Å². The normalized spacial score (nSPS) is 13.2. The van der Waals surface area contributed by atoms with Gasteiger partial charge in [0.05, 0.1) is 13.2 Å². The minimum absolute atomic E-state index is 0.0552. The van der Waals surface area contributed by atoms with Crippen molar-refractivity contribution >= 4 is 19.8 Å². The molecule has 0 radical (unpaired) electrons. The molecule has 0 spiro atoms. The van der Waals surface area contributed by atoms with Crippen LogP contribution in [0.4, 0.5) is 0 Å². The second kappa shape index (κ2) is 69.1. The maximum Gasteiger partial charge on any atom is 0.472 e. The zero-order chi connectivity index (χ0) is 60.1. The monoisotopic (exact) mass is 1190 g/mol. The number of allylic oxidation sites excluding steroid dienone is 8. The van der Waals surface area contributed by atoms with Crippen molar-refractivity contribution in [1.82, 2.24) is 0 Å². The van der Waals surface area contributed by atoms with E-state index in [0.717, 1.165) is 44.9 Å². The van der Waals surface area contributed by atoms with E-state index in [1.807, 2.05) is 0 Å². The van der Waals surface area contributed by atoms with Gasteiger partial charge in [-0.25, -0.2) is 4.57 Å². The Hall–Kier alpha value is -2.03. The molecular formula is C73H138NO8P. The van der Waals surface area contributed by atoms with Crippen LogP contribution >= 0.6 is 7.82 Å². The van der Waals surface area contributed by atoms with Crippen molar-refractivity contribution in [2.45, 2.75) is 380 Å². The molecule has 2 atom stereocenters. The molecule has 488 valence electrons. The van der Waals surface area contributed by atoms with E-state index in [1.165, 1.54) is 295 Å². The fraction of sp³-hybridized carbons (Fsp3) is 0.863. The van der Waals surface area contributed by atoms with Gasteiger partial charge in [-0.3, -0.25) is 18.6 Å². The number of unbranched alkanes of at least 4 members (excludes halogenated alkanes) is 48. The van der Waals surface area contributed by atoms with Crippen molar-refractivity contribution < 1.29 is 37.6 Å². The van der Waals surface area contributed by atoms with E-state index in [-0.39, 0.29) is 38.6 Å². The number of hydrogen-bond donors (Lipinski definition) is 2. The van der Waals surface area contributed by atoms with E-state index in [0.29, 0.717) is 6.42 Å². The van der Waals surface area contributed by atoms with Gasteiger partial charge in [0.2, 0.25) is 0 Å². The van der Waals surface area contributed by atoms with Crippen LogP contribution in [0, 0.1) is 0 Å². The fourth-order valence-electron chi connectivity index (χ4n) is 10.8. The molecule has 0 heterocycles. The van der Waals surface area contributed by atoms with Gasteiger partial charge < -0.3 is 20.1 Å². The average Bonchev–Trinajstić information content (AvgIpc) is 3.48. The smallest absolute Gasteiger partial charge is 0.462 e. The third-order valence-corrected chi connectivity index (χ3v) is 17.2. The number of nitrogens with two attached hydrogens (primary N) is 1. The summed E-state index contributed by atoms with van der Waals surface area (Å²) in [5.74, 6) is -0.808. The predicted molar refractivity (Wildman–Crippen MR) is 358 cm³/mol. The van der Waals surface area contributed by atoms with E-state index in [1.54, 1.807) is 0 Å². The minimum atomic E-state index is -4.39. The van der Waals surface area contributed by atoms with Crippen LogP contribution in [0.3, 0.4) is 0 Å². The Labute approximate surface area is 515 Å². The summed E-state index contributed by atoms with van der Waals surface area (Å²) in [6.45, 7) is 3.80. The lowest BCUT2D eigenvalue weighted by atomic mass is 10.0. The largest absolute Gasteiger partial charge is 0.472 e. The molecule has 0 saturated carbocycles. The van der Waals surface area contributed by atoms with Gasteiger partial charge in [0.15, 0.2) is 6.10 Å². The molecule has 0 saturated heterocycles. The zero-order valence-electron chi connectivity index (χ0n) is 55.0. The molecular weight excluding hydrogens is 1050 g/mol. The van der Waals surface area contributed by atoms with Crippen LogP contribution in [-0.2, 0) is 32.7 Å². The van der Waals surface area contributed by atoms with Gasteiger partial charge in [-0.05, 0) is 77.0 Å². The number of esters is 2. The molecule has 83 heavy (non-hydrogen) atoms. The lowest BCUT2D eigenvalue weighted by Gasteiger charge is -2.19. The number of carbonyl (C=O) groups excluding carboxylic acids is 2. The van der Waals surface area contributed by atoms with Gasteiger partial charge in [0, 0.05) is 19.4 Å². The van der Waals surface area contributed by atoms with Crippen molar-refractivity contribution in [1.29, 1.82) is 0 Å². The highest BCUT2D eigenvalue weighted by Gasteiger charge is 2.26. The molecule has 9 nitrogen and oxygen atoms in total. The van der Waals surface area contributed by atoms with Gasteiger partial charge in [-0.2, -0.15) is 0 Å². The molecule has 2 unspecified atom stereocenters. The summed E-state index contributed by atoms with van der Waals surface area (Å²) >= 11 is 0. The maximum atomic E-state index is 12.8. The van der Waals surface area contributed by atoms with Crippen LogP contribution in [0.25, 0.3) is 0 Å². The van der Waals surface area contributed by atoms with E-state index in [9.17, 15) is 19.0 Å². The van der Waals surface area contributed by atoms with Gasteiger partial charge in [-0.15, -0.1) is 0 Å². The third-order valence-electron chi connectivity index (χ3n) is 16.2. The van der Waals surface area contributed by atoms with Crippen molar-refractivity contribution in [3.8, 4) is 0 Å². The summed E-state index contributed by atoms with van der Waals surface area (Å²) in [6.07, 6.45) is 87.9.